The molecule has 0 spiro atoms. The van der Waals surface area contributed by atoms with Gasteiger partial charge in [-0.05, 0) is 39.8 Å². The number of esters is 1. The fraction of sp³-hybridized carbons (Fsp3) is 0.500. The molecule has 102 valence electrons. The predicted molar refractivity (Wildman–Crippen MR) is 72.8 cm³/mol. The van der Waals surface area contributed by atoms with Gasteiger partial charge in [0.1, 0.15) is 12.4 Å². The summed E-state index contributed by atoms with van der Waals surface area (Å²) in [7, 11) is 0. The van der Waals surface area contributed by atoms with Crippen LogP contribution in [0.5, 0.6) is 0 Å². The van der Waals surface area contributed by atoms with Crippen molar-refractivity contribution in [3.8, 4) is 6.07 Å². The number of nitrogens with zero attached hydrogens (tertiary/aromatic N) is 3. The smallest absolute Gasteiger partial charge is 0.325 e. The topological polar surface area (TPSA) is 66.2 Å². The van der Waals surface area contributed by atoms with E-state index >= 15 is 0 Å². The molecule has 1 rings (SSSR count). The van der Waals surface area contributed by atoms with Crippen molar-refractivity contribution in [2.75, 3.05) is 18.1 Å². The van der Waals surface area contributed by atoms with E-state index in [1.165, 1.54) is 0 Å². The molecule has 5 heteroatoms. The number of rotatable bonds is 5. The summed E-state index contributed by atoms with van der Waals surface area (Å²) in [6, 6.07) is 5.59. The van der Waals surface area contributed by atoms with Crippen LogP contribution in [0.2, 0.25) is 0 Å². The van der Waals surface area contributed by atoms with Crippen LogP contribution in [0.1, 0.15) is 32.0 Å². The molecule has 0 aromatic carbocycles. The summed E-state index contributed by atoms with van der Waals surface area (Å²) in [5.41, 5.74) is 1.29. The van der Waals surface area contributed by atoms with Gasteiger partial charge in [0.15, 0.2) is 0 Å². The Morgan fingerprint density at radius 2 is 2.21 bits per heavy atom. The Morgan fingerprint density at radius 3 is 2.74 bits per heavy atom. The molecule has 1 heterocycles. The van der Waals surface area contributed by atoms with E-state index in [0.29, 0.717) is 18.0 Å². The first-order valence-corrected chi connectivity index (χ1v) is 6.29. The van der Waals surface area contributed by atoms with Gasteiger partial charge >= 0.3 is 5.97 Å². The number of aryl methyl sites for hydroxylation is 1. The molecular formula is C14H19N3O2. The molecule has 19 heavy (non-hydrogen) atoms. The third-order valence-electron chi connectivity index (χ3n) is 2.59. The molecule has 1 aromatic heterocycles. The van der Waals surface area contributed by atoms with Crippen molar-refractivity contribution in [1.82, 2.24) is 4.98 Å². The van der Waals surface area contributed by atoms with E-state index in [-0.39, 0.29) is 18.6 Å². The molecule has 0 radical (unpaired) electrons. The normalized spacial score (nSPS) is 10.1. The molecule has 0 fully saturated rings. The van der Waals surface area contributed by atoms with Gasteiger partial charge < -0.3 is 9.64 Å². The molecule has 0 aliphatic heterocycles. The number of hydrogen-bond donors (Lipinski definition) is 0. The van der Waals surface area contributed by atoms with Crippen LogP contribution in [0.25, 0.3) is 0 Å². The number of nitriles is 1. The van der Waals surface area contributed by atoms with Crippen LogP contribution in [0.4, 0.5) is 5.82 Å². The van der Waals surface area contributed by atoms with Gasteiger partial charge in [-0.3, -0.25) is 4.79 Å². The Balaban J connectivity index is 3.03. The average Bonchev–Trinajstić information content (AvgIpc) is 2.35. The number of ether oxygens (including phenoxy) is 1. The number of carbonyl (C=O) groups excluding carboxylic acids is 1. The van der Waals surface area contributed by atoms with Crippen molar-refractivity contribution in [3.63, 3.8) is 0 Å². The maximum absolute atomic E-state index is 11.6. The largest absolute Gasteiger partial charge is 0.465 e. The number of anilines is 1. The van der Waals surface area contributed by atoms with Crippen molar-refractivity contribution in [1.29, 1.82) is 5.26 Å². The Labute approximate surface area is 113 Å². The standard InChI is InChI=1S/C14H19N3O2/c1-5-19-14(18)9-17(10(2)3)13-7-12(8-15)6-11(4)16-13/h6-7,10H,5,9H2,1-4H3. The molecule has 0 saturated carbocycles. The second-order valence-corrected chi connectivity index (χ2v) is 4.49. The molecule has 1 aromatic rings. The molecule has 0 bridgehead atoms. The molecule has 0 amide bonds. The first kappa shape index (κ1) is 15.0. The molecule has 0 N–H and O–H groups in total. The molecule has 0 aliphatic rings. The Kier molecular flexibility index (Phi) is 5.31. The van der Waals surface area contributed by atoms with Crippen LogP contribution in [0, 0.1) is 18.3 Å². The third-order valence-corrected chi connectivity index (χ3v) is 2.59. The van der Waals surface area contributed by atoms with Crippen molar-refractivity contribution in [2.45, 2.75) is 33.7 Å². The molecule has 0 atom stereocenters. The summed E-state index contributed by atoms with van der Waals surface area (Å²) in [6.45, 7) is 8.02. The van der Waals surface area contributed by atoms with E-state index in [1.54, 1.807) is 19.1 Å². The lowest BCUT2D eigenvalue weighted by Crippen LogP contribution is -2.37. The summed E-state index contributed by atoms with van der Waals surface area (Å²) in [4.78, 5) is 17.8. The summed E-state index contributed by atoms with van der Waals surface area (Å²) < 4.78 is 4.96. The van der Waals surface area contributed by atoms with Crippen LogP contribution in [-0.4, -0.2) is 30.1 Å². The summed E-state index contributed by atoms with van der Waals surface area (Å²) >= 11 is 0. The van der Waals surface area contributed by atoms with E-state index in [1.807, 2.05) is 25.7 Å². The summed E-state index contributed by atoms with van der Waals surface area (Å²) in [5, 5.41) is 8.99. The maximum Gasteiger partial charge on any atom is 0.325 e. The monoisotopic (exact) mass is 261 g/mol. The fourth-order valence-corrected chi connectivity index (χ4v) is 1.74. The zero-order valence-electron chi connectivity index (χ0n) is 11.8. The molecule has 0 saturated heterocycles. The minimum absolute atomic E-state index is 0.0882. The quantitative estimate of drug-likeness (QED) is 0.759. The molecule has 0 aliphatic carbocycles. The first-order valence-electron chi connectivity index (χ1n) is 6.29. The number of pyridine rings is 1. The predicted octanol–water partition coefficient (Wildman–Crippen LogP) is 2.04. The SMILES string of the molecule is CCOC(=O)CN(c1cc(C#N)cc(C)n1)C(C)C. The van der Waals surface area contributed by atoms with Crippen LogP contribution >= 0.6 is 0 Å². The lowest BCUT2D eigenvalue weighted by atomic mass is 10.2. The second-order valence-electron chi connectivity index (χ2n) is 4.49. The third kappa shape index (κ3) is 4.25. The van der Waals surface area contributed by atoms with Crippen LogP contribution < -0.4 is 4.90 Å². The van der Waals surface area contributed by atoms with Gasteiger partial charge in [-0.15, -0.1) is 0 Å². The molecule has 5 nitrogen and oxygen atoms in total. The Bertz CT molecular complexity index is 492. The van der Waals surface area contributed by atoms with Gasteiger partial charge in [-0.25, -0.2) is 4.98 Å². The van der Waals surface area contributed by atoms with E-state index in [4.69, 9.17) is 10.00 Å². The van der Waals surface area contributed by atoms with Crippen LogP contribution in [-0.2, 0) is 9.53 Å². The lowest BCUT2D eigenvalue weighted by molar-refractivity contribution is -0.141. The number of hydrogen-bond acceptors (Lipinski definition) is 5. The van der Waals surface area contributed by atoms with Crippen molar-refractivity contribution in [2.24, 2.45) is 0 Å². The summed E-state index contributed by atoms with van der Waals surface area (Å²) in [5.74, 6) is 0.331. The van der Waals surface area contributed by atoms with Gasteiger partial charge in [-0.1, -0.05) is 0 Å². The highest BCUT2D eigenvalue weighted by Crippen LogP contribution is 2.17. The lowest BCUT2D eigenvalue weighted by Gasteiger charge is -2.27. The van der Waals surface area contributed by atoms with E-state index in [9.17, 15) is 4.79 Å². The molecular weight excluding hydrogens is 242 g/mol. The van der Waals surface area contributed by atoms with Gasteiger partial charge in [0, 0.05) is 11.7 Å². The first-order chi connectivity index (χ1) is 8.97. The zero-order valence-corrected chi connectivity index (χ0v) is 11.8. The van der Waals surface area contributed by atoms with Gasteiger partial charge in [0.05, 0.1) is 18.2 Å². The molecule has 0 unspecified atom stereocenters. The van der Waals surface area contributed by atoms with Gasteiger partial charge in [0.25, 0.3) is 0 Å². The fourth-order valence-electron chi connectivity index (χ4n) is 1.74. The number of aromatic nitrogens is 1. The minimum atomic E-state index is -0.294. The van der Waals surface area contributed by atoms with Crippen molar-refractivity contribution < 1.29 is 9.53 Å². The van der Waals surface area contributed by atoms with Crippen molar-refractivity contribution in [3.05, 3.63) is 23.4 Å². The highest BCUT2D eigenvalue weighted by Gasteiger charge is 2.17. The van der Waals surface area contributed by atoms with Crippen LogP contribution in [0.3, 0.4) is 0 Å². The van der Waals surface area contributed by atoms with E-state index < -0.39 is 0 Å². The highest BCUT2D eigenvalue weighted by molar-refractivity contribution is 5.75. The maximum atomic E-state index is 11.6. The van der Waals surface area contributed by atoms with E-state index in [0.717, 1.165) is 5.69 Å². The zero-order chi connectivity index (χ0) is 14.4. The second kappa shape index (κ2) is 6.74. The minimum Gasteiger partial charge on any atom is -0.465 e. The highest BCUT2D eigenvalue weighted by atomic mass is 16.5. The van der Waals surface area contributed by atoms with E-state index in [2.05, 4.69) is 11.1 Å². The van der Waals surface area contributed by atoms with Crippen molar-refractivity contribution >= 4 is 11.8 Å². The Morgan fingerprint density at radius 1 is 1.53 bits per heavy atom. The van der Waals surface area contributed by atoms with Crippen LogP contribution in [0.15, 0.2) is 12.1 Å². The van der Waals surface area contributed by atoms with Gasteiger partial charge in [0.2, 0.25) is 0 Å². The number of carbonyl (C=O) groups is 1. The Hall–Kier alpha value is -2.09. The van der Waals surface area contributed by atoms with Gasteiger partial charge in [-0.2, -0.15) is 5.26 Å². The average molecular weight is 261 g/mol. The summed E-state index contributed by atoms with van der Waals surface area (Å²) in [6.07, 6.45) is 0.